The Balaban J connectivity index is 3.00. The van der Waals surface area contributed by atoms with Crippen molar-refractivity contribution in [3.05, 3.63) is 35.9 Å². The maximum Gasteiger partial charge on any atom is 0.321 e. The number of aliphatic carboxylic acids is 1. The Labute approximate surface area is 103 Å². The minimum absolute atomic E-state index is 0.453. The summed E-state index contributed by atoms with van der Waals surface area (Å²) in [5, 5.41) is 6.71. The van der Waals surface area contributed by atoms with E-state index in [9.17, 15) is 22.0 Å². The van der Waals surface area contributed by atoms with Crippen LogP contribution in [0, 0.1) is 0 Å². The SMILES string of the molecule is CC(C(=O)O)S(=O)(=O)CC(F)(F)c1ccccc1. The van der Waals surface area contributed by atoms with Gasteiger partial charge in [-0.2, -0.15) is 0 Å². The topological polar surface area (TPSA) is 71.4 Å². The van der Waals surface area contributed by atoms with E-state index in [4.69, 9.17) is 5.11 Å². The van der Waals surface area contributed by atoms with Gasteiger partial charge >= 0.3 is 5.97 Å². The summed E-state index contributed by atoms with van der Waals surface area (Å²) in [5.41, 5.74) is -0.453. The van der Waals surface area contributed by atoms with Crippen LogP contribution < -0.4 is 0 Å². The molecule has 1 unspecified atom stereocenters. The third-order valence-corrected chi connectivity index (χ3v) is 4.51. The van der Waals surface area contributed by atoms with E-state index >= 15 is 0 Å². The highest BCUT2D eigenvalue weighted by Crippen LogP contribution is 2.30. The molecule has 1 N–H and O–H groups in total. The molecule has 0 aliphatic heterocycles. The minimum Gasteiger partial charge on any atom is -0.480 e. The quantitative estimate of drug-likeness (QED) is 0.889. The fraction of sp³-hybridized carbons (Fsp3) is 0.364. The Bertz CT molecular complexity index is 525. The molecule has 1 aromatic carbocycles. The van der Waals surface area contributed by atoms with Crippen molar-refractivity contribution in [1.82, 2.24) is 0 Å². The fourth-order valence-electron chi connectivity index (χ4n) is 1.30. The van der Waals surface area contributed by atoms with Crippen molar-refractivity contribution >= 4 is 15.8 Å². The van der Waals surface area contributed by atoms with Gasteiger partial charge in [-0.3, -0.25) is 4.79 Å². The summed E-state index contributed by atoms with van der Waals surface area (Å²) in [6.45, 7) is 0.874. The van der Waals surface area contributed by atoms with Crippen LogP contribution in [0.2, 0.25) is 0 Å². The molecule has 0 aromatic heterocycles. The van der Waals surface area contributed by atoms with Gasteiger partial charge in [0.1, 0.15) is 5.75 Å². The first-order valence-corrected chi connectivity index (χ1v) is 6.76. The molecule has 0 radical (unpaired) electrons. The third-order valence-electron chi connectivity index (χ3n) is 2.47. The Morgan fingerprint density at radius 2 is 1.83 bits per heavy atom. The van der Waals surface area contributed by atoms with E-state index in [0.29, 0.717) is 0 Å². The number of carbonyl (C=O) groups is 1. The van der Waals surface area contributed by atoms with E-state index in [1.54, 1.807) is 0 Å². The molecule has 0 aliphatic carbocycles. The lowest BCUT2D eigenvalue weighted by atomic mass is 10.1. The van der Waals surface area contributed by atoms with Crippen LogP contribution in [0.4, 0.5) is 8.78 Å². The highest BCUT2D eigenvalue weighted by molar-refractivity contribution is 7.92. The van der Waals surface area contributed by atoms with Crippen molar-refractivity contribution in [3.8, 4) is 0 Å². The number of hydrogen-bond acceptors (Lipinski definition) is 3. The van der Waals surface area contributed by atoms with Gasteiger partial charge in [0.2, 0.25) is 0 Å². The van der Waals surface area contributed by atoms with Crippen molar-refractivity contribution < 1.29 is 27.1 Å². The van der Waals surface area contributed by atoms with Crippen LogP contribution in [0.5, 0.6) is 0 Å². The van der Waals surface area contributed by atoms with E-state index in [2.05, 4.69) is 0 Å². The van der Waals surface area contributed by atoms with Crippen LogP contribution in [0.15, 0.2) is 30.3 Å². The summed E-state index contributed by atoms with van der Waals surface area (Å²) in [6, 6.07) is 6.43. The first kappa shape index (κ1) is 14.6. The molecule has 18 heavy (non-hydrogen) atoms. The average Bonchev–Trinajstić information content (AvgIpc) is 2.27. The van der Waals surface area contributed by atoms with Gasteiger partial charge in [0.05, 0.1) is 0 Å². The molecule has 0 aliphatic rings. The van der Waals surface area contributed by atoms with Gasteiger partial charge in [0, 0.05) is 5.56 Å². The molecule has 100 valence electrons. The zero-order valence-electron chi connectivity index (χ0n) is 9.51. The zero-order valence-corrected chi connectivity index (χ0v) is 10.3. The monoisotopic (exact) mass is 278 g/mol. The number of sulfone groups is 1. The van der Waals surface area contributed by atoms with Crippen LogP contribution >= 0.6 is 0 Å². The van der Waals surface area contributed by atoms with Gasteiger partial charge < -0.3 is 5.11 Å². The largest absolute Gasteiger partial charge is 0.480 e. The highest BCUT2D eigenvalue weighted by Gasteiger charge is 2.41. The van der Waals surface area contributed by atoms with Crippen molar-refractivity contribution in [3.63, 3.8) is 0 Å². The summed E-state index contributed by atoms with van der Waals surface area (Å²) in [4.78, 5) is 10.5. The van der Waals surface area contributed by atoms with E-state index in [0.717, 1.165) is 19.1 Å². The van der Waals surface area contributed by atoms with Crippen LogP contribution in [-0.4, -0.2) is 30.5 Å². The number of carboxylic acids is 1. The lowest BCUT2D eigenvalue weighted by Gasteiger charge is -2.18. The van der Waals surface area contributed by atoms with Gasteiger partial charge in [0.25, 0.3) is 5.92 Å². The first-order valence-electron chi connectivity index (χ1n) is 5.04. The summed E-state index contributed by atoms with van der Waals surface area (Å²) < 4.78 is 50.4. The molecule has 4 nitrogen and oxygen atoms in total. The Morgan fingerprint density at radius 1 is 1.33 bits per heavy atom. The van der Waals surface area contributed by atoms with Gasteiger partial charge in [-0.1, -0.05) is 30.3 Å². The van der Waals surface area contributed by atoms with E-state index in [-0.39, 0.29) is 0 Å². The first-order chi connectivity index (χ1) is 8.17. The lowest BCUT2D eigenvalue weighted by Crippen LogP contribution is -2.35. The van der Waals surface area contributed by atoms with Crippen molar-refractivity contribution in [2.45, 2.75) is 18.1 Å². The lowest BCUT2D eigenvalue weighted by molar-refractivity contribution is -0.136. The molecule has 0 amide bonds. The van der Waals surface area contributed by atoms with Gasteiger partial charge in [-0.05, 0) is 6.92 Å². The van der Waals surface area contributed by atoms with Gasteiger partial charge in [-0.15, -0.1) is 0 Å². The molecule has 1 rings (SSSR count). The second-order valence-corrected chi connectivity index (χ2v) is 6.18. The Morgan fingerprint density at radius 3 is 2.28 bits per heavy atom. The van der Waals surface area contributed by atoms with Crippen molar-refractivity contribution in [2.24, 2.45) is 0 Å². The molecular weight excluding hydrogens is 266 g/mol. The van der Waals surface area contributed by atoms with Gasteiger partial charge in [0.15, 0.2) is 15.1 Å². The number of hydrogen-bond donors (Lipinski definition) is 1. The second-order valence-electron chi connectivity index (χ2n) is 3.86. The predicted octanol–water partition coefficient (Wildman–Crippen LogP) is 1.67. The molecule has 0 saturated heterocycles. The van der Waals surface area contributed by atoms with Crippen LogP contribution in [0.1, 0.15) is 12.5 Å². The fourth-order valence-corrected chi connectivity index (χ4v) is 2.53. The smallest absolute Gasteiger partial charge is 0.321 e. The molecule has 0 bridgehead atoms. The second kappa shape index (κ2) is 5.01. The normalized spacial score (nSPS) is 14.2. The minimum atomic E-state index is -4.41. The molecule has 0 spiro atoms. The molecule has 0 saturated carbocycles. The number of halogens is 2. The summed E-state index contributed by atoms with van der Waals surface area (Å²) in [5.74, 6) is -6.76. The molecule has 0 fully saturated rings. The predicted molar refractivity (Wildman–Crippen MR) is 61.2 cm³/mol. The average molecular weight is 278 g/mol. The third kappa shape index (κ3) is 3.25. The van der Waals surface area contributed by atoms with Crippen LogP contribution in [0.3, 0.4) is 0 Å². The molecule has 1 aromatic rings. The highest BCUT2D eigenvalue weighted by atomic mass is 32.2. The summed E-state index contributed by atoms with van der Waals surface area (Å²) in [7, 11) is -4.41. The maximum atomic E-state index is 13.7. The standard InChI is InChI=1S/C11H12F2O4S/c1-8(10(14)15)18(16,17)7-11(12,13)9-5-3-2-4-6-9/h2-6,8H,7H2,1H3,(H,14,15). The molecular formula is C11H12F2O4S. The van der Waals surface area contributed by atoms with Crippen molar-refractivity contribution in [1.29, 1.82) is 0 Å². The van der Waals surface area contributed by atoms with Crippen molar-refractivity contribution in [2.75, 3.05) is 5.75 Å². The summed E-state index contributed by atoms with van der Waals surface area (Å²) in [6.07, 6.45) is 0. The van der Waals surface area contributed by atoms with Gasteiger partial charge in [-0.25, -0.2) is 17.2 Å². The molecule has 7 heteroatoms. The molecule has 1 atom stereocenters. The van der Waals surface area contributed by atoms with E-state index in [1.807, 2.05) is 0 Å². The zero-order chi connectivity index (χ0) is 14.0. The van der Waals surface area contributed by atoms with Crippen LogP contribution in [0.25, 0.3) is 0 Å². The maximum absolute atomic E-state index is 13.7. The summed E-state index contributed by atoms with van der Waals surface area (Å²) >= 11 is 0. The van der Waals surface area contributed by atoms with E-state index < -0.39 is 38.3 Å². The molecule has 0 heterocycles. The Kier molecular flexibility index (Phi) is 4.05. The number of rotatable bonds is 5. The van der Waals surface area contributed by atoms with E-state index in [1.165, 1.54) is 18.2 Å². The number of benzene rings is 1. The number of carboxylic acid groups (broad SMARTS) is 1. The van der Waals surface area contributed by atoms with Crippen LogP contribution in [-0.2, 0) is 20.6 Å². The number of alkyl halides is 2. The Hall–Kier alpha value is -1.50.